The maximum Gasteiger partial charge on any atom is 2.00 e. The van der Waals surface area contributed by atoms with Crippen molar-refractivity contribution in [2.75, 3.05) is 0 Å². The molecule has 0 aliphatic carbocycles. The fraction of sp³-hybridized carbons (Fsp3) is 0.500. The van der Waals surface area contributed by atoms with E-state index < -0.39 is 22.4 Å². The van der Waals surface area contributed by atoms with Gasteiger partial charge in [0.15, 0.2) is 0 Å². The second-order valence-corrected chi connectivity index (χ2v) is 3.53. The molecule has 4 nitrogen and oxygen atoms in total. The van der Waals surface area contributed by atoms with Crippen LogP contribution in [-0.2, 0) is 29.1 Å². The van der Waals surface area contributed by atoms with E-state index in [1.165, 1.54) is 0 Å². The number of carboxylic acids is 2. The van der Waals surface area contributed by atoms with Crippen molar-refractivity contribution in [1.29, 1.82) is 0 Å². The minimum atomic E-state index is -1.95. The van der Waals surface area contributed by atoms with Crippen LogP contribution in [0.4, 0.5) is 0 Å². The molecule has 0 aromatic rings. The van der Waals surface area contributed by atoms with Gasteiger partial charge >= 0.3 is 19.5 Å². The third kappa shape index (κ3) is 5.52. The Morgan fingerprint density at radius 3 is 1.73 bits per heavy atom. The van der Waals surface area contributed by atoms with Gasteiger partial charge in [0.1, 0.15) is 0 Å². The molecule has 0 unspecified atom stereocenters. The summed E-state index contributed by atoms with van der Waals surface area (Å²) in [6.45, 7) is 0. The molecule has 0 N–H and O–H groups in total. The summed E-state index contributed by atoms with van der Waals surface area (Å²) in [6.07, 6.45) is -0.790. The van der Waals surface area contributed by atoms with E-state index in [-0.39, 0.29) is 19.5 Å². The summed E-state index contributed by atoms with van der Waals surface area (Å²) < 4.78 is -1.95. The maximum absolute atomic E-state index is 10.0. The zero-order valence-corrected chi connectivity index (χ0v) is 10.2. The number of carbonyl (C=O) groups excluding carboxylic acids is 2. The van der Waals surface area contributed by atoms with Gasteiger partial charge in [-0.15, -0.1) is 0 Å². The molecule has 0 rings (SSSR count). The Morgan fingerprint density at radius 1 is 1.27 bits per heavy atom. The van der Waals surface area contributed by atoms with Crippen LogP contribution in [0.25, 0.3) is 0 Å². The summed E-state index contributed by atoms with van der Waals surface area (Å²) in [5.74, 6) is -3.18. The summed E-state index contributed by atoms with van der Waals surface area (Å²) in [5.41, 5.74) is 0. The average Bonchev–Trinajstić information content (AvgIpc) is 1.60. The van der Waals surface area contributed by atoms with Gasteiger partial charge in [-0.05, 0) is 0 Å². The van der Waals surface area contributed by atoms with Crippen molar-refractivity contribution in [1.82, 2.24) is 0 Å². The molecule has 0 amide bonds. The molecular weight excluding hydrogens is 242 g/mol. The molecular formula is C4H4O4S2Zn. The van der Waals surface area contributed by atoms with Gasteiger partial charge in [0.2, 0.25) is 0 Å². The van der Waals surface area contributed by atoms with E-state index in [4.69, 9.17) is 0 Å². The van der Waals surface area contributed by atoms with Crippen molar-refractivity contribution >= 4 is 37.2 Å². The Hall–Kier alpha value is 0.263. The molecule has 0 atom stereocenters. The zero-order valence-electron chi connectivity index (χ0n) is 5.44. The van der Waals surface area contributed by atoms with Gasteiger partial charge in [-0.3, -0.25) is 0 Å². The molecule has 0 aliphatic rings. The average molecular weight is 246 g/mol. The van der Waals surface area contributed by atoms with Crippen LogP contribution in [0.5, 0.6) is 0 Å². The van der Waals surface area contributed by atoms with Crippen LogP contribution in [0, 0.1) is 0 Å². The summed E-state index contributed by atoms with van der Waals surface area (Å²) >= 11 is 6.80. The first-order chi connectivity index (χ1) is 4.36. The van der Waals surface area contributed by atoms with E-state index in [0.29, 0.717) is 0 Å². The van der Waals surface area contributed by atoms with Gasteiger partial charge < -0.3 is 19.8 Å². The van der Waals surface area contributed by atoms with Crippen molar-refractivity contribution in [2.24, 2.45) is 0 Å². The minimum absolute atomic E-state index is 0. The second kappa shape index (κ2) is 5.01. The van der Waals surface area contributed by atoms with Gasteiger partial charge in [-0.2, -0.15) is 25.3 Å². The normalized spacial score (nSPS) is 10.0. The Labute approximate surface area is 86.9 Å². The Morgan fingerprint density at radius 2 is 1.64 bits per heavy atom. The number of hydrogen-bond acceptors (Lipinski definition) is 6. The van der Waals surface area contributed by atoms with E-state index >= 15 is 0 Å². The van der Waals surface area contributed by atoms with Crippen LogP contribution in [0.2, 0.25) is 0 Å². The van der Waals surface area contributed by atoms with Crippen LogP contribution in [-0.4, -0.2) is 16.0 Å². The summed E-state index contributed by atoms with van der Waals surface area (Å²) in [6, 6.07) is 0. The number of aliphatic carboxylic acids is 2. The predicted octanol–water partition coefficient (Wildman–Crippen LogP) is -2.57. The molecule has 0 radical (unpaired) electrons. The standard InChI is InChI=1S/C4H6O4S2.Zn/c5-2(6)1-4(9,10)3(7)8;/h9-10H,1H2,(H,5,6)(H,7,8);/q;+2/p-2. The molecule has 58 valence electrons. The first kappa shape index (κ1) is 13.8. The fourth-order valence-corrected chi connectivity index (χ4v) is 0.532. The quantitative estimate of drug-likeness (QED) is 0.325. The largest absolute Gasteiger partial charge is 2.00 e. The van der Waals surface area contributed by atoms with E-state index in [1.807, 2.05) is 0 Å². The molecule has 0 aromatic carbocycles. The SMILES string of the molecule is O=C([O-])CC(S)(S)C(=O)[O-].[Zn+2]. The van der Waals surface area contributed by atoms with Crippen molar-refractivity contribution in [3.63, 3.8) is 0 Å². The van der Waals surface area contributed by atoms with Gasteiger partial charge in [0.25, 0.3) is 0 Å². The van der Waals surface area contributed by atoms with Crippen LogP contribution in [0.15, 0.2) is 0 Å². The number of thiol groups is 2. The molecule has 11 heavy (non-hydrogen) atoms. The monoisotopic (exact) mass is 244 g/mol. The third-order valence-corrected chi connectivity index (χ3v) is 1.40. The zero-order chi connectivity index (χ0) is 8.36. The number of rotatable bonds is 3. The minimum Gasteiger partial charge on any atom is -0.550 e. The van der Waals surface area contributed by atoms with Gasteiger partial charge in [-0.1, -0.05) is 0 Å². The fourth-order valence-electron chi connectivity index (χ4n) is 0.273. The molecule has 0 saturated heterocycles. The Kier molecular flexibility index (Phi) is 6.29. The molecule has 0 spiro atoms. The number of carbonyl (C=O) groups is 2. The van der Waals surface area contributed by atoms with E-state index in [0.717, 1.165) is 0 Å². The number of hydrogen-bond donors (Lipinski definition) is 2. The first-order valence-corrected chi connectivity index (χ1v) is 3.12. The predicted molar refractivity (Wildman–Crippen MR) is 35.3 cm³/mol. The molecule has 7 heteroatoms. The molecule has 0 bridgehead atoms. The smallest absolute Gasteiger partial charge is 0.550 e. The van der Waals surface area contributed by atoms with E-state index in [9.17, 15) is 19.8 Å². The van der Waals surface area contributed by atoms with E-state index in [2.05, 4.69) is 25.3 Å². The van der Waals surface area contributed by atoms with Gasteiger partial charge in [0, 0.05) is 12.4 Å². The van der Waals surface area contributed by atoms with Crippen LogP contribution >= 0.6 is 25.3 Å². The molecule has 0 fully saturated rings. The Balaban J connectivity index is 0. The molecule has 0 heterocycles. The Bertz CT molecular complexity index is 169. The van der Waals surface area contributed by atoms with Gasteiger partial charge in [0.05, 0.1) is 10.0 Å². The van der Waals surface area contributed by atoms with Gasteiger partial charge in [-0.25, -0.2) is 0 Å². The molecule has 0 aliphatic heterocycles. The number of carboxylic acid groups (broad SMARTS) is 2. The topological polar surface area (TPSA) is 80.3 Å². The summed E-state index contributed by atoms with van der Waals surface area (Å²) in [4.78, 5) is 19.8. The van der Waals surface area contributed by atoms with Crippen molar-refractivity contribution in [3.8, 4) is 0 Å². The van der Waals surface area contributed by atoms with Crippen molar-refractivity contribution in [2.45, 2.75) is 10.5 Å². The van der Waals surface area contributed by atoms with Crippen LogP contribution in [0.3, 0.4) is 0 Å². The van der Waals surface area contributed by atoms with Crippen molar-refractivity contribution < 1.29 is 39.3 Å². The molecule has 0 saturated carbocycles. The summed E-state index contributed by atoms with van der Waals surface area (Å²) in [7, 11) is 0. The third-order valence-electron chi connectivity index (χ3n) is 0.718. The van der Waals surface area contributed by atoms with Crippen LogP contribution < -0.4 is 10.2 Å². The maximum atomic E-state index is 10.0. The first-order valence-electron chi connectivity index (χ1n) is 2.22. The van der Waals surface area contributed by atoms with Crippen LogP contribution in [0.1, 0.15) is 6.42 Å². The molecule has 0 aromatic heterocycles. The van der Waals surface area contributed by atoms with Crippen molar-refractivity contribution in [3.05, 3.63) is 0 Å². The summed E-state index contributed by atoms with van der Waals surface area (Å²) in [5, 5.41) is 19.8. The second-order valence-electron chi connectivity index (χ2n) is 1.65. The van der Waals surface area contributed by atoms with E-state index in [1.54, 1.807) is 0 Å².